The third-order valence-electron chi connectivity index (χ3n) is 9.07. The van der Waals surface area contributed by atoms with Crippen LogP contribution in [0.1, 0.15) is 194 Å². The Bertz CT molecular complexity index is 948. The molecule has 0 aromatic heterocycles. The van der Waals surface area contributed by atoms with Gasteiger partial charge in [-0.15, -0.1) is 0 Å². The minimum Gasteiger partial charge on any atom is -0.756 e. The second kappa shape index (κ2) is 42.1. The van der Waals surface area contributed by atoms with Crippen LogP contribution < -0.4 is 34.5 Å². The van der Waals surface area contributed by atoms with E-state index in [0.29, 0.717) is 12.8 Å². The summed E-state index contributed by atoms with van der Waals surface area (Å²) in [5.74, 6) is -0.976. The molecule has 1 unspecified atom stereocenters. The smallest absolute Gasteiger partial charge is 0.756 e. The molecule has 0 radical (unpaired) electrons. The molecule has 2 N–H and O–H groups in total. The standard InChI is InChI=1S/C42H79O10P.Na/c1-3-5-7-9-11-13-15-17-19-21-23-25-27-29-31-33-41(45)49-37-40(38-51-53(47,48)50-36-39(44)35-43)52-42(46)34-32-30-28-26-24-22-20-18-16-14-12-10-8-6-4-2;/h17-20,39-40,43-44H,3-16,21-38H2,1-2H3,(H,47,48);/q;+1/p-1/b19-17+,20-18+;/t39-,40+;/m0./s1. The predicted molar refractivity (Wildman–Crippen MR) is 212 cm³/mol. The molecule has 312 valence electrons. The molecule has 0 saturated carbocycles. The number of aliphatic hydroxyl groups excluding tert-OH is 2. The van der Waals surface area contributed by atoms with Gasteiger partial charge in [-0.2, -0.15) is 0 Å². The Hall–Kier alpha value is -0.550. The van der Waals surface area contributed by atoms with Gasteiger partial charge in [-0.1, -0.05) is 141 Å². The molecule has 12 heteroatoms. The van der Waals surface area contributed by atoms with Crippen molar-refractivity contribution in [2.45, 2.75) is 206 Å². The van der Waals surface area contributed by atoms with Crippen molar-refractivity contribution in [3.63, 3.8) is 0 Å². The molecule has 10 nitrogen and oxygen atoms in total. The molecule has 0 rings (SSSR count). The van der Waals surface area contributed by atoms with E-state index in [9.17, 15) is 24.2 Å². The molecule has 0 fully saturated rings. The number of unbranched alkanes of at least 4 members (excludes halogenated alkanes) is 22. The van der Waals surface area contributed by atoms with Crippen LogP contribution in [-0.2, 0) is 32.7 Å². The summed E-state index contributed by atoms with van der Waals surface area (Å²) in [6, 6.07) is 0. The van der Waals surface area contributed by atoms with E-state index in [1.54, 1.807) is 0 Å². The number of phosphoric acid groups is 1. The Labute approximate surface area is 351 Å². The van der Waals surface area contributed by atoms with Gasteiger partial charge in [-0.05, 0) is 64.2 Å². The third-order valence-corrected chi connectivity index (χ3v) is 10.00. The number of esters is 2. The van der Waals surface area contributed by atoms with Gasteiger partial charge in [0.2, 0.25) is 0 Å². The number of hydrogen-bond donors (Lipinski definition) is 2. The normalized spacial score (nSPS) is 13.9. The van der Waals surface area contributed by atoms with Crippen molar-refractivity contribution in [1.29, 1.82) is 0 Å². The Morgan fingerprint density at radius 3 is 1.37 bits per heavy atom. The Balaban J connectivity index is 0. The molecule has 0 aromatic carbocycles. The second-order valence-electron chi connectivity index (χ2n) is 14.3. The van der Waals surface area contributed by atoms with E-state index < -0.39 is 51.8 Å². The van der Waals surface area contributed by atoms with Gasteiger partial charge in [-0.25, -0.2) is 0 Å². The van der Waals surface area contributed by atoms with Gasteiger partial charge in [-0.3, -0.25) is 14.2 Å². The van der Waals surface area contributed by atoms with E-state index in [4.69, 9.17) is 19.1 Å². The van der Waals surface area contributed by atoms with Crippen LogP contribution in [0.25, 0.3) is 0 Å². The van der Waals surface area contributed by atoms with E-state index >= 15 is 0 Å². The van der Waals surface area contributed by atoms with Gasteiger partial charge >= 0.3 is 41.5 Å². The number of carbonyl (C=O) groups is 2. The van der Waals surface area contributed by atoms with Crippen molar-refractivity contribution in [2.75, 3.05) is 26.4 Å². The first kappa shape index (κ1) is 55.5. The molecule has 3 atom stereocenters. The van der Waals surface area contributed by atoms with Crippen LogP contribution in [0.4, 0.5) is 0 Å². The predicted octanol–water partition coefficient (Wildman–Crippen LogP) is 7.38. The topological polar surface area (TPSA) is 152 Å². The molecule has 0 aliphatic carbocycles. The maximum Gasteiger partial charge on any atom is 1.00 e. The summed E-state index contributed by atoms with van der Waals surface area (Å²) in [6.07, 6.45) is 36.9. The molecule has 0 bridgehead atoms. The summed E-state index contributed by atoms with van der Waals surface area (Å²) in [4.78, 5) is 37.1. The number of phosphoric ester groups is 1. The van der Waals surface area contributed by atoms with E-state index in [-0.39, 0.29) is 49.0 Å². The van der Waals surface area contributed by atoms with Gasteiger partial charge in [0.05, 0.1) is 19.8 Å². The van der Waals surface area contributed by atoms with Crippen LogP contribution in [0, 0.1) is 0 Å². The first-order chi connectivity index (χ1) is 25.7. The monoisotopic (exact) mass is 797 g/mol. The van der Waals surface area contributed by atoms with Crippen molar-refractivity contribution in [3.05, 3.63) is 24.3 Å². The summed E-state index contributed by atoms with van der Waals surface area (Å²) in [6.45, 7) is 2.17. The molecule has 0 saturated heterocycles. The Morgan fingerprint density at radius 1 is 0.574 bits per heavy atom. The van der Waals surface area contributed by atoms with Crippen molar-refractivity contribution >= 4 is 19.8 Å². The minimum absolute atomic E-state index is 0. The van der Waals surface area contributed by atoms with E-state index in [1.165, 1.54) is 77.0 Å². The van der Waals surface area contributed by atoms with Gasteiger partial charge in [0, 0.05) is 12.8 Å². The number of rotatable bonds is 40. The quantitative estimate of drug-likeness (QED) is 0.0211. The molecule has 0 spiro atoms. The van der Waals surface area contributed by atoms with Crippen molar-refractivity contribution in [3.8, 4) is 0 Å². The van der Waals surface area contributed by atoms with Gasteiger partial charge in [0.25, 0.3) is 7.82 Å². The van der Waals surface area contributed by atoms with Crippen LogP contribution in [0.5, 0.6) is 0 Å². The van der Waals surface area contributed by atoms with Gasteiger partial charge in [0.15, 0.2) is 6.10 Å². The molecule has 0 amide bonds. The summed E-state index contributed by atoms with van der Waals surface area (Å²) in [5, 5.41) is 18.3. The van der Waals surface area contributed by atoms with E-state index in [1.807, 2.05) is 0 Å². The number of aliphatic hydroxyl groups is 2. The Kier molecular flexibility index (Phi) is 43.3. The zero-order valence-corrected chi connectivity index (χ0v) is 37.6. The van der Waals surface area contributed by atoms with Gasteiger partial charge < -0.3 is 33.6 Å². The first-order valence-corrected chi connectivity index (χ1v) is 22.7. The molecule has 0 aliphatic rings. The molecule has 0 heterocycles. The maximum atomic E-state index is 12.6. The average molecular weight is 797 g/mol. The van der Waals surface area contributed by atoms with Crippen LogP contribution in [0.15, 0.2) is 24.3 Å². The third kappa shape index (κ3) is 41.1. The van der Waals surface area contributed by atoms with Crippen LogP contribution >= 0.6 is 7.82 Å². The fraction of sp³-hybridized carbons (Fsp3) is 0.857. The molecular weight excluding hydrogens is 718 g/mol. The SMILES string of the molecule is CCCCCCCC/C=C/CCCCCCCC(=O)OC[C@H](COP(=O)([O-])OC[C@@H](O)CO)OC(=O)CCCCCCC/C=C/CCCCCCCC.[Na+]. The number of ether oxygens (including phenoxy) is 2. The average Bonchev–Trinajstić information content (AvgIpc) is 3.14. The fourth-order valence-corrected chi connectivity index (χ4v) is 6.52. The summed E-state index contributed by atoms with van der Waals surface area (Å²) in [5.41, 5.74) is 0. The zero-order valence-electron chi connectivity index (χ0n) is 34.7. The fourth-order valence-electron chi connectivity index (χ4n) is 5.74. The molecule has 54 heavy (non-hydrogen) atoms. The molecule has 0 aliphatic heterocycles. The summed E-state index contributed by atoms with van der Waals surface area (Å²) >= 11 is 0. The molecule has 0 aromatic rings. The number of carbonyl (C=O) groups excluding carboxylic acids is 2. The van der Waals surface area contributed by atoms with Crippen LogP contribution in [-0.4, -0.2) is 60.8 Å². The van der Waals surface area contributed by atoms with E-state index in [0.717, 1.165) is 77.0 Å². The first-order valence-electron chi connectivity index (χ1n) is 21.3. The second-order valence-corrected chi connectivity index (χ2v) is 15.7. The van der Waals surface area contributed by atoms with Gasteiger partial charge in [0.1, 0.15) is 12.7 Å². The zero-order chi connectivity index (χ0) is 39.1. The minimum atomic E-state index is -4.87. The van der Waals surface area contributed by atoms with Crippen molar-refractivity contribution in [2.24, 2.45) is 0 Å². The van der Waals surface area contributed by atoms with Crippen LogP contribution in [0.2, 0.25) is 0 Å². The number of hydrogen-bond acceptors (Lipinski definition) is 10. The number of allylic oxidation sites excluding steroid dienone is 4. The molecular formula is C42H78NaO10P. The largest absolute Gasteiger partial charge is 1.00 e. The van der Waals surface area contributed by atoms with Crippen molar-refractivity contribution < 1.29 is 77.3 Å². The van der Waals surface area contributed by atoms with Crippen LogP contribution in [0.3, 0.4) is 0 Å². The summed E-state index contributed by atoms with van der Waals surface area (Å²) in [7, 11) is -4.87. The summed E-state index contributed by atoms with van der Waals surface area (Å²) < 4.78 is 32.3. The van der Waals surface area contributed by atoms with Crippen molar-refractivity contribution in [1.82, 2.24) is 0 Å². The van der Waals surface area contributed by atoms with E-state index in [2.05, 4.69) is 42.7 Å². The maximum absolute atomic E-state index is 12.6. The Morgan fingerprint density at radius 2 is 0.944 bits per heavy atom.